The largest absolute Gasteiger partial charge is 0.350 e. The lowest BCUT2D eigenvalue weighted by Gasteiger charge is -2.26. The Bertz CT molecular complexity index is 672. The predicted octanol–water partition coefficient (Wildman–Crippen LogP) is 2.32. The molecule has 1 aromatic heterocycles. The topological polar surface area (TPSA) is 63.1 Å². The van der Waals surface area contributed by atoms with Gasteiger partial charge in [-0.25, -0.2) is 9.67 Å². The highest BCUT2D eigenvalue weighted by molar-refractivity contribution is 5.83. The number of hydrogen-bond donors (Lipinski definition) is 1. The van der Waals surface area contributed by atoms with Crippen molar-refractivity contribution in [2.45, 2.75) is 51.7 Å². The van der Waals surface area contributed by atoms with Crippen LogP contribution in [0.2, 0.25) is 0 Å². The van der Waals surface area contributed by atoms with Crippen molar-refractivity contribution in [3.8, 4) is 0 Å². The van der Waals surface area contributed by atoms with E-state index < -0.39 is 5.54 Å². The average molecular weight is 341 g/mol. The molecule has 2 heterocycles. The number of nitrogens with zero attached hydrogens (tertiary/aromatic N) is 4. The van der Waals surface area contributed by atoms with Crippen molar-refractivity contribution in [2.75, 3.05) is 13.1 Å². The van der Waals surface area contributed by atoms with E-state index in [1.165, 1.54) is 44.2 Å². The van der Waals surface area contributed by atoms with Gasteiger partial charge in [0.15, 0.2) is 0 Å². The molecule has 1 amide bonds. The second kappa shape index (κ2) is 7.78. The summed E-state index contributed by atoms with van der Waals surface area (Å²) >= 11 is 0. The average Bonchev–Trinajstić information content (AvgIpc) is 3.17. The Morgan fingerprint density at radius 3 is 2.44 bits per heavy atom. The molecule has 1 N–H and O–H groups in total. The number of aromatic nitrogens is 3. The van der Waals surface area contributed by atoms with Crippen LogP contribution < -0.4 is 5.32 Å². The Hall–Kier alpha value is -2.21. The fourth-order valence-corrected chi connectivity index (χ4v) is 3.14. The van der Waals surface area contributed by atoms with Crippen molar-refractivity contribution in [3.63, 3.8) is 0 Å². The Kier molecular flexibility index (Phi) is 5.48. The van der Waals surface area contributed by atoms with Crippen LogP contribution in [0.15, 0.2) is 36.9 Å². The van der Waals surface area contributed by atoms with Crippen molar-refractivity contribution in [3.05, 3.63) is 48.0 Å². The van der Waals surface area contributed by atoms with Gasteiger partial charge in [-0.3, -0.25) is 9.69 Å². The Morgan fingerprint density at radius 2 is 1.80 bits per heavy atom. The summed E-state index contributed by atoms with van der Waals surface area (Å²) in [6, 6.07) is 8.53. The van der Waals surface area contributed by atoms with E-state index in [1.54, 1.807) is 11.0 Å². The van der Waals surface area contributed by atoms with Crippen LogP contribution >= 0.6 is 0 Å². The molecule has 0 atom stereocenters. The van der Waals surface area contributed by atoms with E-state index in [1.807, 2.05) is 13.8 Å². The molecule has 1 fully saturated rings. The molecule has 0 radical (unpaired) electrons. The molecule has 1 saturated heterocycles. The zero-order valence-corrected chi connectivity index (χ0v) is 15.1. The molecule has 134 valence electrons. The second-order valence-electron chi connectivity index (χ2n) is 7.24. The van der Waals surface area contributed by atoms with Gasteiger partial charge in [0.05, 0.1) is 0 Å². The SMILES string of the molecule is CC(C)(C(=O)NCc1ccc(CN2CCCCC2)cc1)n1cncn1. The molecule has 0 bridgehead atoms. The highest BCUT2D eigenvalue weighted by atomic mass is 16.2. The number of carbonyl (C=O) groups excluding carboxylic acids is 1. The minimum Gasteiger partial charge on any atom is -0.350 e. The molecule has 25 heavy (non-hydrogen) atoms. The van der Waals surface area contributed by atoms with Crippen molar-refractivity contribution in [1.82, 2.24) is 25.0 Å². The maximum Gasteiger partial charge on any atom is 0.247 e. The molecular weight excluding hydrogens is 314 g/mol. The lowest BCUT2D eigenvalue weighted by atomic mass is 10.0. The maximum absolute atomic E-state index is 12.5. The minimum atomic E-state index is -0.759. The zero-order valence-electron chi connectivity index (χ0n) is 15.1. The molecule has 0 unspecified atom stereocenters. The van der Waals surface area contributed by atoms with E-state index in [2.05, 4.69) is 44.6 Å². The predicted molar refractivity (Wildman–Crippen MR) is 96.8 cm³/mol. The summed E-state index contributed by atoms with van der Waals surface area (Å²) in [6.07, 6.45) is 6.99. The van der Waals surface area contributed by atoms with E-state index in [0.717, 1.165) is 12.1 Å². The molecule has 0 spiro atoms. The third kappa shape index (κ3) is 4.45. The third-order valence-corrected chi connectivity index (χ3v) is 4.88. The minimum absolute atomic E-state index is 0.0737. The van der Waals surface area contributed by atoms with Gasteiger partial charge in [0.1, 0.15) is 18.2 Å². The summed E-state index contributed by atoms with van der Waals surface area (Å²) in [5, 5.41) is 7.06. The molecule has 1 aliphatic heterocycles. The van der Waals surface area contributed by atoms with Gasteiger partial charge in [0.2, 0.25) is 5.91 Å². The number of piperidine rings is 1. The first-order valence-electron chi connectivity index (χ1n) is 8.99. The van der Waals surface area contributed by atoms with E-state index >= 15 is 0 Å². The maximum atomic E-state index is 12.5. The molecule has 3 rings (SSSR count). The van der Waals surface area contributed by atoms with Crippen molar-refractivity contribution in [2.24, 2.45) is 0 Å². The molecule has 2 aromatic rings. The normalized spacial score (nSPS) is 15.9. The van der Waals surface area contributed by atoms with E-state index in [9.17, 15) is 4.79 Å². The summed E-state index contributed by atoms with van der Waals surface area (Å²) in [7, 11) is 0. The van der Waals surface area contributed by atoms with Crippen LogP contribution in [-0.2, 0) is 23.4 Å². The van der Waals surface area contributed by atoms with Crippen LogP contribution in [0.1, 0.15) is 44.2 Å². The van der Waals surface area contributed by atoms with Gasteiger partial charge < -0.3 is 5.32 Å². The van der Waals surface area contributed by atoms with E-state index in [-0.39, 0.29) is 5.91 Å². The summed E-state index contributed by atoms with van der Waals surface area (Å²) < 4.78 is 1.57. The van der Waals surface area contributed by atoms with Gasteiger partial charge in [-0.1, -0.05) is 30.7 Å². The summed E-state index contributed by atoms with van der Waals surface area (Å²) in [6.45, 7) is 7.61. The van der Waals surface area contributed by atoms with Gasteiger partial charge >= 0.3 is 0 Å². The Balaban J connectivity index is 1.52. The second-order valence-corrected chi connectivity index (χ2v) is 7.24. The molecule has 1 aliphatic rings. The molecule has 0 aliphatic carbocycles. The number of amides is 1. The smallest absolute Gasteiger partial charge is 0.247 e. The van der Waals surface area contributed by atoms with Gasteiger partial charge in [-0.2, -0.15) is 5.10 Å². The Labute approximate surface area is 149 Å². The lowest BCUT2D eigenvalue weighted by Crippen LogP contribution is -2.44. The molecule has 6 heteroatoms. The number of nitrogens with one attached hydrogen (secondary N) is 1. The van der Waals surface area contributed by atoms with Gasteiger partial charge in [0.25, 0.3) is 0 Å². The van der Waals surface area contributed by atoms with Crippen LogP contribution in [0.5, 0.6) is 0 Å². The molecule has 6 nitrogen and oxygen atoms in total. The fraction of sp³-hybridized carbons (Fsp3) is 0.526. The van der Waals surface area contributed by atoms with Gasteiger partial charge in [-0.15, -0.1) is 0 Å². The molecular formula is C19H27N5O. The monoisotopic (exact) mass is 341 g/mol. The number of carbonyl (C=O) groups is 1. The van der Waals surface area contributed by atoms with Crippen LogP contribution in [-0.4, -0.2) is 38.7 Å². The van der Waals surface area contributed by atoms with Crippen LogP contribution in [0.4, 0.5) is 0 Å². The Morgan fingerprint density at radius 1 is 1.12 bits per heavy atom. The van der Waals surface area contributed by atoms with Crippen LogP contribution in [0.25, 0.3) is 0 Å². The van der Waals surface area contributed by atoms with Gasteiger partial charge in [0, 0.05) is 13.1 Å². The summed E-state index contributed by atoms with van der Waals surface area (Å²) in [5.41, 5.74) is 1.68. The first kappa shape index (κ1) is 17.6. The zero-order chi connectivity index (χ0) is 17.7. The van der Waals surface area contributed by atoms with Crippen molar-refractivity contribution in [1.29, 1.82) is 0 Å². The van der Waals surface area contributed by atoms with E-state index in [4.69, 9.17) is 0 Å². The van der Waals surface area contributed by atoms with Crippen LogP contribution in [0.3, 0.4) is 0 Å². The standard InChI is InChI=1S/C19H27N5O/c1-19(2,24-15-20-14-22-24)18(25)21-12-16-6-8-17(9-7-16)13-23-10-4-3-5-11-23/h6-9,14-15H,3-5,10-13H2,1-2H3,(H,21,25). The third-order valence-electron chi connectivity index (χ3n) is 4.88. The van der Waals surface area contributed by atoms with E-state index in [0.29, 0.717) is 6.54 Å². The van der Waals surface area contributed by atoms with Crippen molar-refractivity contribution < 1.29 is 4.79 Å². The first-order chi connectivity index (χ1) is 12.1. The number of likely N-dealkylation sites (tertiary alicyclic amines) is 1. The number of benzene rings is 1. The number of rotatable bonds is 6. The first-order valence-corrected chi connectivity index (χ1v) is 8.99. The molecule has 0 saturated carbocycles. The highest BCUT2D eigenvalue weighted by Crippen LogP contribution is 2.15. The fourth-order valence-electron chi connectivity index (χ4n) is 3.14. The summed E-state index contributed by atoms with van der Waals surface area (Å²) in [5.74, 6) is -0.0737. The highest BCUT2D eigenvalue weighted by Gasteiger charge is 2.30. The van der Waals surface area contributed by atoms with Crippen LogP contribution in [0, 0.1) is 0 Å². The lowest BCUT2D eigenvalue weighted by molar-refractivity contribution is -0.129. The number of hydrogen-bond acceptors (Lipinski definition) is 4. The quantitative estimate of drug-likeness (QED) is 0.876. The summed E-state index contributed by atoms with van der Waals surface area (Å²) in [4.78, 5) is 18.9. The van der Waals surface area contributed by atoms with Gasteiger partial charge in [-0.05, 0) is 50.9 Å². The molecule has 1 aromatic carbocycles. The van der Waals surface area contributed by atoms with Crippen molar-refractivity contribution >= 4 is 5.91 Å².